The maximum absolute atomic E-state index is 15.8. The molecule has 7 aliphatic rings. The van der Waals surface area contributed by atoms with Gasteiger partial charge in [-0.1, -0.05) is 99.3 Å². The van der Waals surface area contributed by atoms with Crippen LogP contribution >= 0.6 is 0 Å². The standard InChI is InChI=1S/C79H130F4N12O14/c1-15-51(6)69-76(106)89(9)46-67(98)87(7)47-68(99)91(11)63(41-52-25-18-16-19-26-52)73(103)88(8)45-65(96)84-59(32-30-53-29-31-57(58(80)40-53)79(81,82)83)72(102)95-44-56(109-48-54-27-24-28-55(39-54)108-14)42-61(95)71(101)86-78(33-20-21-34-78)77(107)93(13)62(38-50(4)5)74(104)92(12)64(75(105)94-35-22-17-23-36-94)43-66(97)90(10)60(37-49(2)3)70(100)85-69/h49-64,69H,15-48H2,1-14H3,(H,84,96)(H,85,100)(H,86,101)/t51-,53?,54?,55?,56-,57?,58?,59-,60-,61-,62-,63-,64-,69-/m0/s1. The fraction of sp³-hybridized carbons (Fsp3) is 0.848. The van der Waals surface area contributed by atoms with Gasteiger partial charge in [-0.25, -0.2) is 4.39 Å². The van der Waals surface area contributed by atoms with Crippen molar-refractivity contribution in [3.63, 3.8) is 0 Å². The molecule has 14 atom stereocenters. The third-order valence-electron chi connectivity index (χ3n) is 24.8. The highest BCUT2D eigenvalue weighted by Crippen LogP contribution is 2.43. The Labute approximate surface area is 643 Å². The third-order valence-corrected chi connectivity index (χ3v) is 24.8. The number of nitrogens with one attached hydrogen (secondary N) is 3. The van der Waals surface area contributed by atoms with Gasteiger partial charge in [0.15, 0.2) is 0 Å². The van der Waals surface area contributed by atoms with E-state index in [1.165, 1.54) is 73.8 Å². The molecule has 1 spiro atoms. The molecule has 618 valence electrons. The summed E-state index contributed by atoms with van der Waals surface area (Å²) >= 11 is 0. The number of carbonyl (C=O) groups excluding carboxylic acids is 12. The van der Waals surface area contributed by atoms with E-state index in [9.17, 15) is 37.1 Å². The van der Waals surface area contributed by atoms with Gasteiger partial charge in [0, 0.05) is 89.1 Å². The van der Waals surface area contributed by atoms with Gasteiger partial charge in [-0.3, -0.25) is 57.5 Å². The molecule has 3 heterocycles. The van der Waals surface area contributed by atoms with E-state index in [2.05, 4.69) is 16.0 Å². The number of rotatable bonds is 16. The summed E-state index contributed by atoms with van der Waals surface area (Å²) < 4.78 is 70.1. The molecule has 4 saturated carbocycles. The van der Waals surface area contributed by atoms with Crippen LogP contribution in [-0.2, 0) is 67.0 Å². The molecule has 3 saturated heterocycles. The van der Waals surface area contributed by atoms with Gasteiger partial charge >= 0.3 is 6.18 Å². The summed E-state index contributed by atoms with van der Waals surface area (Å²) in [6.45, 7) is 10.1. The van der Waals surface area contributed by atoms with Crippen molar-refractivity contribution in [2.75, 3.05) is 102 Å². The van der Waals surface area contributed by atoms with Gasteiger partial charge in [-0.15, -0.1) is 0 Å². The lowest BCUT2D eigenvalue weighted by atomic mass is 9.78. The Morgan fingerprint density at radius 2 is 1.17 bits per heavy atom. The highest BCUT2D eigenvalue weighted by atomic mass is 19.4. The molecule has 4 aliphatic carbocycles. The SMILES string of the molecule is CC[C@H](C)[C@@H]1NC(=O)[C@H](CC(C)C)N(C)C(=O)C[C@@H](C(=O)N2CCCCC2)N(C)C(=O)[C@H](CC(C)C)N(C)C(=O)C2(CCCC2)NC(=O)[C@@H]2C[C@H](OCC3CCCC(OC)C3)CN2C(=O)[C@H](CCC2CCC(C(F)(F)F)C(F)C2)NC(=O)CN(C)C(=O)[C@H](CC2CCCCC2)N(C)C(=O)CN(C)C(=O)CN(C)C1=O. The molecule has 3 aliphatic heterocycles. The number of likely N-dealkylation sites (N-methyl/N-ethyl adjacent to an activating group) is 7. The maximum Gasteiger partial charge on any atom is 0.394 e. The van der Waals surface area contributed by atoms with Crippen LogP contribution in [0.5, 0.6) is 0 Å². The fourth-order valence-electron chi connectivity index (χ4n) is 17.6. The summed E-state index contributed by atoms with van der Waals surface area (Å²) in [5.41, 5.74) is -1.66. The van der Waals surface area contributed by atoms with Crippen LogP contribution in [0, 0.1) is 41.4 Å². The smallest absolute Gasteiger partial charge is 0.381 e. The molecule has 0 bridgehead atoms. The van der Waals surface area contributed by atoms with Crippen molar-refractivity contribution in [1.82, 2.24) is 60.0 Å². The first-order valence-electron chi connectivity index (χ1n) is 40.6. The van der Waals surface area contributed by atoms with Crippen molar-refractivity contribution >= 4 is 70.9 Å². The molecule has 0 radical (unpaired) electrons. The topological polar surface area (TPSA) is 289 Å². The average molecular weight is 1550 g/mol. The van der Waals surface area contributed by atoms with E-state index in [-0.39, 0.29) is 101 Å². The third kappa shape index (κ3) is 23.9. The fourth-order valence-corrected chi connectivity index (χ4v) is 17.6. The summed E-state index contributed by atoms with van der Waals surface area (Å²) in [6, 6.07) is -9.16. The number of methoxy groups -OCH3 is 1. The van der Waals surface area contributed by atoms with Gasteiger partial charge in [0.1, 0.15) is 54.0 Å². The number of fused-ring (bicyclic) bond motifs is 1. The Hall–Kier alpha value is -6.72. The summed E-state index contributed by atoms with van der Waals surface area (Å²) in [7, 11) is 11.5. The Morgan fingerprint density at radius 3 is 1.79 bits per heavy atom. The van der Waals surface area contributed by atoms with Crippen LogP contribution in [0.25, 0.3) is 0 Å². The first-order valence-corrected chi connectivity index (χ1v) is 40.6. The normalized spacial score (nSPS) is 30.6. The van der Waals surface area contributed by atoms with E-state index in [0.717, 1.165) is 72.5 Å². The minimum absolute atomic E-state index is 0.00181. The zero-order valence-corrected chi connectivity index (χ0v) is 67.6. The Bertz CT molecular complexity index is 3130. The lowest BCUT2D eigenvalue weighted by molar-refractivity contribution is -0.201. The number of likely N-dealkylation sites (tertiary alicyclic amines) is 1. The molecule has 7 fully saturated rings. The van der Waals surface area contributed by atoms with Crippen LogP contribution in [0.3, 0.4) is 0 Å². The number of hydrogen-bond donors (Lipinski definition) is 3. The summed E-state index contributed by atoms with van der Waals surface area (Å²) in [5.74, 6) is -11.8. The van der Waals surface area contributed by atoms with E-state index in [0.29, 0.717) is 51.6 Å². The zero-order chi connectivity index (χ0) is 80.5. The summed E-state index contributed by atoms with van der Waals surface area (Å²) in [4.78, 5) is 193. The van der Waals surface area contributed by atoms with Crippen molar-refractivity contribution in [3.8, 4) is 0 Å². The van der Waals surface area contributed by atoms with E-state index in [4.69, 9.17) is 9.47 Å². The minimum Gasteiger partial charge on any atom is -0.381 e. The molecule has 26 nitrogen and oxygen atoms in total. The Kier molecular flexibility index (Phi) is 33.4. The number of amides is 12. The predicted molar refractivity (Wildman–Crippen MR) is 401 cm³/mol. The van der Waals surface area contributed by atoms with Crippen molar-refractivity contribution in [2.24, 2.45) is 41.4 Å². The second-order valence-corrected chi connectivity index (χ2v) is 33.9. The average Bonchev–Trinajstić information content (AvgIpc) is 1.70. The number of halogens is 4. The van der Waals surface area contributed by atoms with Crippen molar-refractivity contribution < 1.29 is 84.6 Å². The quantitative estimate of drug-likeness (QED) is 0.133. The first kappa shape index (κ1) is 89.5. The molecular formula is C79H130F4N12O14. The number of alkyl halides is 4. The number of ether oxygens (including phenoxy) is 2. The maximum atomic E-state index is 15.8. The van der Waals surface area contributed by atoms with Gasteiger partial charge in [0.25, 0.3) is 0 Å². The lowest BCUT2D eigenvalue weighted by Crippen LogP contribution is -2.64. The van der Waals surface area contributed by atoms with Gasteiger partial charge in [-0.05, 0) is 138 Å². The molecule has 30 heteroatoms. The number of nitrogens with zero attached hydrogens (tertiary/aromatic N) is 9. The van der Waals surface area contributed by atoms with Crippen LogP contribution in [0.4, 0.5) is 17.6 Å². The minimum atomic E-state index is -4.78. The molecule has 7 rings (SSSR count). The zero-order valence-electron chi connectivity index (χ0n) is 67.6. The summed E-state index contributed by atoms with van der Waals surface area (Å²) in [6.07, 6.45) is 2.05. The Balaban J connectivity index is 1.31. The predicted octanol–water partition coefficient (Wildman–Crippen LogP) is 6.88. The summed E-state index contributed by atoms with van der Waals surface area (Å²) in [5, 5.41) is 8.83. The second kappa shape index (κ2) is 40.7. The van der Waals surface area contributed by atoms with Crippen molar-refractivity contribution in [2.45, 2.75) is 287 Å². The Morgan fingerprint density at radius 1 is 0.569 bits per heavy atom. The molecule has 5 unspecified atom stereocenters. The highest BCUT2D eigenvalue weighted by Gasteiger charge is 2.53. The number of piperidine rings is 1. The van der Waals surface area contributed by atoms with Crippen LogP contribution in [0.15, 0.2) is 0 Å². The molecule has 12 amide bonds. The highest BCUT2D eigenvalue weighted by molar-refractivity contribution is 6.00. The number of hydrogen-bond acceptors (Lipinski definition) is 14. The molecule has 3 N–H and O–H groups in total. The first-order chi connectivity index (χ1) is 51.4. The van der Waals surface area contributed by atoms with Gasteiger partial charge < -0.3 is 69.5 Å². The van der Waals surface area contributed by atoms with E-state index in [1.807, 2.05) is 34.6 Å². The van der Waals surface area contributed by atoms with Crippen LogP contribution in [0.1, 0.15) is 215 Å². The molecular weight excluding hydrogens is 1420 g/mol. The van der Waals surface area contributed by atoms with Crippen LogP contribution in [0.2, 0.25) is 0 Å². The van der Waals surface area contributed by atoms with Crippen molar-refractivity contribution in [3.05, 3.63) is 0 Å². The largest absolute Gasteiger partial charge is 0.394 e. The molecule has 109 heavy (non-hydrogen) atoms. The van der Waals surface area contributed by atoms with Crippen LogP contribution < -0.4 is 16.0 Å². The second-order valence-electron chi connectivity index (χ2n) is 33.9. The van der Waals surface area contributed by atoms with Gasteiger partial charge in [-0.2, -0.15) is 13.2 Å². The molecule has 0 aromatic carbocycles. The van der Waals surface area contributed by atoms with E-state index in [1.54, 1.807) is 18.9 Å². The molecule has 0 aromatic heterocycles. The number of carbonyl (C=O) groups is 12. The van der Waals surface area contributed by atoms with E-state index >= 15 is 38.0 Å². The van der Waals surface area contributed by atoms with Crippen LogP contribution in [-0.4, -0.2) is 290 Å². The van der Waals surface area contributed by atoms with Gasteiger partial charge in [0.2, 0.25) is 70.9 Å². The van der Waals surface area contributed by atoms with Gasteiger partial charge in [0.05, 0.1) is 44.2 Å². The lowest BCUT2D eigenvalue weighted by Gasteiger charge is -2.41. The monoisotopic (exact) mass is 1550 g/mol. The van der Waals surface area contributed by atoms with Crippen molar-refractivity contribution in [1.29, 1.82) is 0 Å². The van der Waals surface area contributed by atoms with E-state index < -0.39 is 194 Å². The molecule has 0 aromatic rings.